The molecule has 2 aliphatic heterocycles. The van der Waals surface area contributed by atoms with Crippen LogP contribution in [-0.2, 0) is 15.2 Å². The van der Waals surface area contributed by atoms with E-state index in [4.69, 9.17) is 23.2 Å². The van der Waals surface area contributed by atoms with E-state index in [2.05, 4.69) is 19.2 Å². The van der Waals surface area contributed by atoms with Gasteiger partial charge in [-0.3, -0.25) is 9.59 Å². The topological polar surface area (TPSA) is 72.9 Å². The molecule has 0 saturated carbocycles. The zero-order chi connectivity index (χ0) is 34.3. The molecule has 0 spiro atoms. The van der Waals surface area contributed by atoms with Gasteiger partial charge in [0, 0.05) is 40.8 Å². The number of fused-ring (bicyclic) bond motifs is 1. The monoisotopic (exact) mass is 693 g/mol. The largest absolute Gasteiger partial charge is 0.380 e. The number of ketones is 1. The van der Waals surface area contributed by atoms with E-state index >= 15 is 0 Å². The minimum atomic E-state index is -1.18. The lowest BCUT2D eigenvalue weighted by molar-refractivity contribution is -0.132. The van der Waals surface area contributed by atoms with Gasteiger partial charge in [0.15, 0.2) is 5.78 Å². The first-order valence-corrected chi connectivity index (χ1v) is 17.8. The van der Waals surface area contributed by atoms with Crippen LogP contribution in [0.5, 0.6) is 0 Å². The number of nitrogens with one attached hydrogen (secondary N) is 1. The summed E-state index contributed by atoms with van der Waals surface area (Å²) in [6, 6.07) is 32.3. The van der Waals surface area contributed by atoms with Crippen molar-refractivity contribution in [1.29, 1.82) is 0 Å². The third-order valence-corrected chi connectivity index (χ3v) is 11.0. The van der Waals surface area contributed by atoms with E-state index in [1.54, 1.807) is 12.1 Å². The van der Waals surface area contributed by atoms with Crippen molar-refractivity contribution >= 4 is 46.3 Å². The molecule has 1 aliphatic carbocycles. The molecule has 4 aromatic carbocycles. The fourth-order valence-corrected chi connectivity index (χ4v) is 8.60. The highest BCUT2D eigenvalue weighted by molar-refractivity contribution is 6.35. The summed E-state index contributed by atoms with van der Waals surface area (Å²) < 4.78 is 0. The van der Waals surface area contributed by atoms with Gasteiger partial charge in [-0.15, -0.1) is 0 Å². The number of hydrogen-bond acceptors (Lipinski definition) is 5. The Bertz CT molecular complexity index is 1860. The number of benzene rings is 4. The van der Waals surface area contributed by atoms with Gasteiger partial charge in [-0.05, 0) is 71.6 Å². The molecule has 8 heteroatoms. The second kappa shape index (κ2) is 13.3. The van der Waals surface area contributed by atoms with E-state index in [1.807, 2.05) is 101 Å². The highest BCUT2D eigenvalue weighted by Crippen LogP contribution is 2.50. The van der Waals surface area contributed by atoms with Crippen molar-refractivity contribution in [3.8, 4) is 0 Å². The molecule has 2 heterocycles. The lowest BCUT2D eigenvalue weighted by Gasteiger charge is -2.43. The Morgan fingerprint density at radius 3 is 2.12 bits per heavy atom. The van der Waals surface area contributed by atoms with Crippen LogP contribution in [0.2, 0.25) is 10.0 Å². The fraction of sp³-hybridized carbons (Fsp3) is 0.317. The number of amides is 1. The Kier molecular flexibility index (Phi) is 9.08. The number of likely N-dealkylation sites (tertiary alicyclic amines) is 1. The summed E-state index contributed by atoms with van der Waals surface area (Å²) in [6.45, 7) is 5.28. The van der Waals surface area contributed by atoms with E-state index in [0.29, 0.717) is 54.4 Å². The first kappa shape index (κ1) is 33.4. The number of piperidine rings is 1. The summed E-state index contributed by atoms with van der Waals surface area (Å²) in [6.07, 6.45) is 2.36. The molecule has 1 amide bonds. The Hall–Kier alpha value is -4.10. The van der Waals surface area contributed by atoms with Crippen LogP contribution in [0.1, 0.15) is 62.3 Å². The third-order valence-electron chi connectivity index (χ3n) is 10.4. The molecule has 1 fully saturated rings. The Labute approximate surface area is 298 Å². The number of para-hydroxylation sites is 2. The maximum atomic E-state index is 14.4. The van der Waals surface area contributed by atoms with Crippen LogP contribution in [-0.4, -0.2) is 41.3 Å². The molecule has 7 rings (SSSR count). The first-order valence-electron chi connectivity index (χ1n) is 17.0. The van der Waals surface area contributed by atoms with Gasteiger partial charge in [-0.2, -0.15) is 0 Å². The van der Waals surface area contributed by atoms with Gasteiger partial charge < -0.3 is 20.2 Å². The lowest BCUT2D eigenvalue weighted by atomic mass is 9.72. The number of aliphatic hydroxyl groups is 1. The number of carbonyl (C=O) groups is 2. The van der Waals surface area contributed by atoms with Crippen molar-refractivity contribution in [2.75, 3.05) is 29.9 Å². The maximum absolute atomic E-state index is 14.4. The molecule has 2 N–H and O–H groups in total. The van der Waals surface area contributed by atoms with Gasteiger partial charge in [0.05, 0.1) is 24.0 Å². The predicted molar refractivity (Wildman–Crippen MR) is 197 cm³/mol. The second-order valence-electron chi connectivity index (χ2n) is 14.3. The predicted octanol–water partition coefficient (Wildman–Crippen LogP) is 8.78. The van der Waals surface area contributed by atoms with Gasteiger partial charge in [-0.1, -0.05) is 116 Å². The molecular formula is C41H41Cl2N3O3. The highest BCUT2D eigenvalue weighted by Gasteiger charge is 2.45. The smallest absolute Gasteiger partial charge is 0.242 e. The number of anilines is 2. The number of carbonyl (C=O) groups excluding carboxylic acids is 2. The SMILES string of the molecule is CC1(C)CC(=O)C2=C(C1)Nc1ccccc1N(CC(=O)N1CCC(C(O)(c3ccccc3)c3ccccc3)CC1)C2c1ccc(Cl)cc1Cl. The third kappa shape index (κ3) is 6.38. The summed E-state index contributed by atoms with van der Waals surface area (Å²) >= 11 is 13.3. The van der Waals surface area contributed by atoms with Crippen molar-refractivity contribution in [2.24, 2.45) is 11.3 Å². The standard InChI is InChI=1S/C41H41Cl2N3O3/c1-40(2)24-34-38(36(47)25-40)39(31-18-17-30(42)23-32(31)43)46(35-16-10-9-15-33(35)44-34)26-37(48)45-21-19-29(20-22-45)41(49,27-11-5-3-6-12-27)28-13-7-4-8-14-28/h3-18,23,29,39,44,49H,19-22,24-26H2,1-2H3. The van der Waals surface area contributed by atoms with Crippen LogP contribution < -0.4 is 10.2 Å². The number of hydrogen-bond donors (Lipinski definition) is 2. The zero-order valence-electron chi connectivity index (χ0n) is 27.8. The van der Waals surface area contributed by atoms with E-state index < -0.39 is 11.6 Å². The summed E-state index contributed by atoms with van der Waals surface area (Å²) in [5, 5.41) is 17.0. The van der Waals surface area contributed by atoms with Crippen molar-refractivity contribution < 1.29 is 14.7 Å². The van der Waals surface area contributed by atoms with E-state index in [0.717, 1.165) is 33.8 Å². The molecule has 4 aromatic rings. The van der Waals surface area contributed by atoms with Crippen LogP contribution in [0, 0.1) is 11.3 Å². The van der Waals surface area contributed by atoms with Crippen molar-refractivity contribution in [2.45, 2.75) is 51.2 Å². The van der Waals surface area contributed by atoms with E-state index in [1.165, 1.54) is 0 Å². The van der Waals surface area contributed by atoms with Gasteiger partial charge in [0.1, 0.15) is 5.60 Å². The normalized spacial score (nSPS) is 19.5. The molecule has 0 aromatic heterocycles. The molecule has 0 bridgehead atoms. The zero-order valence-corrected chi connectivity index (χ0v) is 29.3. The van der Waals surface area contributed by atoms with Gasteiger partial charge in [0.25, 0.3) is 0 Å². The minimum Gasteiger partial charge on any atom is -0.380 e. The van der Waals surface area contributed by atoms with E-state index in [9.17, 15) is 14.7 Å². The average Bonchev–Trinajstić information content (AvgIpc) is 3.22. The number of Topliss-reactive ketones (excluding diaryl/α,β-unsaturated/α-hetero) is 1. The Balaban J connectivity index is 1.22. The number of nitrogens with zero attached hydrogens (tertiary/aromatic N) is 2. The molecular weight excluding hydrogens is 653 g/mol. The summed E-state index contributed by atoms with van der Waals surface area (Å²) in [5.74, 6) is -0.0816. The Morgan fingerprint density at radius 1 is 0.878 bits per heavy atom. The summed E-state index contributed by atoms with van der Waals surface area (Å²) in [4.78, 5) is 32.4. The minimum absolute atomic E-state index is 0.0426. The molecule has 1 atom stereocenters. The molecule has 3 aliphatic rings. The molecule has 6 nitrogen and oxygen atoms in total. The van der Waals surface area contributed by atoms with Crippen molar-refractivity contribution in [1.82, 2.24) is 4.90 Å². The summed E-state index contributed by atoms with van der Waals surface area (Å²) in [7, 11) is 0. The molecule has 1 unspecified atom stereocenters. The van der Waals surface area contributed by atoms with Gasteiger partial charge in [-0.25, -0.2) is 0 Å². The lowest BCUT2D eigenvalue weighted by Crippen LogP contribution is -2.49. The highest BCUT2D eigenvalue weighted by atomic mass is 35.5. The van der Waals surface area contributed by atoms with Gasteiger partial charge >= 0.3 is 0 Å². The molecule has 1 saturated heterocycles. The molecule has 49 heavy (non-hydrogen) atoms. The number of halogens is 2. The molecule has 0 radical (unpaired) electrons. The van der Waals surface area contributed by atoms with Crippen LogP contribution >= 0.6 is 23.2 Å². The van der Waals surface area contributed by atoms with Crippen LogP contribution in [0.4, 0.5) is 11.4 Å². The quantitative estimate of drug-likeness (QED) is 0.211. The summed E-state index contributed by atoms with van der Waals surface area (Å²) in [5.41, 5.74) is 4.21. The van der Waals surface area contributed by atoms with Crippen LogP contribution in [0.15, 0.2) is 114 Å². The first-order chi connectivity index (χ1) is 23.5. The van der Waals surface area contributed by atoms with E-state index in [-0.39, 0.29) is 29.6 Å². The maximum Gasteiger partial charge on any atom is 0.242 e. The average molecular weight is 695 g/mol. The van der Waals surface area contributed by atoms with Gasteiger partial charge in [0.2, 0.25) is 5.91 Å². The number of rotatable bonds is 6. The van der Waals surface area contributed by atoms with Crippen LogP contribution in [0.25, 0.3) is 0 Å². The number of allylic oxidation sites excluding steroid dienone is 1. The Morgan fingerprint density at radius 2 is 1.49 bits per heavy atom. The second-order valence-corrected chi connectivity index (χ2v) is 15.2. The fourth-order valence-electron chi connectivity index (χ4n) is 8.09. The molecule has 252 valence electrons. The van der Waals surface area contributed by atoms with Crippen molar-refractivity contribution in [3.63, 3.8) is 0 Å². The van der Waals surface area contributed by atoms with Crippen LogP contribution in [0.3, 0.4) is 0 Å². The van der Waals surface area contributed by atoms with Crippen molar-refractivity contribution in [3.05, 3.63) is 141 Å².